The Hall–Kier alpha value is -0.460. The van der Waals surface area contributed by atoms with Gasteiger partial charge in [0, 0.05) is 13.1 Å². The van der Waals surface area contributed by atoms with Gasteiger partial charge in [-0.15, -0.1) is 11.3 Å². The van der Waals surface area contributed by atoms with E-state index >= 15 is 0 Å². The number of thiophene rings is 1. The molecule has 1 aliphatic heterocycles. The maximum Gasteiger partial charge on any atom is 0.186 e. The second kappa shape index (κ2) is 5.89. The summed E-state index contributed by atoms with van der Waals surface area (Å²) in [6.07, 6.45) is -0.233. The lowest BCUT2D eigenvalue weighted by Gasteiger charge is -2.42. The molecule has 0 radical (unpaired) electrons. The summed E-state index contributed by atoms with van der Waals surface area (Å²) in [5.74, 6) is 0.0614. The van der Waals surface area contributed by atoms with Crippen LogP contribution in [0.25, 0.3) is 0 Å². The number of nitrogens with zero attached hydrogens (tertiary/aromatic N) is 1. The highest BCUT2D eigenvalue weighted by Crippen LogP contribution is 2.24. The van der Waals surface area contributed by atoms with Crippen LogP contribution >= 0.6 is 22.9 Å². The van der Waals surface area contributed by atoms with Crippen molar-refractivity contribution in [1.82, 2.24) is 4.90 Å². The molecule has 1 fully saturated rings. The topological polar surface area (TPSA) is 49.8 Å². The molecule has 0 bridgehead atoms. The fourth-order valence-corrected chi connectivity index (χ4v) is 3.35. The van der Waals surface area contributed by atoms with E-state index < -0.39 is 0 Å². The molecule has 2 rings (SSSR count). The van der Waals surface area contributed by atoms with Crippen LogP contribution in [0.15, 0.2) is 12.1 Å². The Kier molecular flexibility index (Phi) is 4.63. The van der Waals surface area contributed by atoms with Gasteiger partial charge in [-0.2, -0.15) is 0 Å². The summed E-state index contributed by atoms with van der Waals surface area (Å²) in [4.78, 5) is 14.8. The van der Waals surface area contributed by atoms with Crippen LogP contribution in [0.2, 0.25) is 4.34 Å². The molecule has 0 spiro atoms. The van der Waals surface area contributed by atoms with Gasteiger partial charge in [-0.3, -0.25) is 9.69 Å². The maximum absolute atomic E-state index is 12.1. The summed E-state index contributed by atoms with van der Waals surface area (Å²) in [6.45, 7) is 5.49. The van der Waals surface area contributed by atoms with Crippen LogP contribution in [0.5, 0.6) is 0 Å². The van der Waals surface area contributed by atoms with E-state index in [1.54, 1.807) is 12.1 Å². The predicted molar refractivity (Wildman–Crippen MR) is 76.1 cm³/mol. The van der Waals surface area contributed by atoms with Gasteiger partial charge in [-0.25, -0.2) is 0 Å². The SMILES string of the molecule is CC1(C)CN(CC(=O)c2ccc(Cl)s2)CC(CO)O1. The van der Waals surface area contributed by atoms with Gasteiger partial charge in [-0.1, -0.05) is 11.6 Å². The lowest BCUT2D eigenvalue weighted by atomic mass is 10.0. The molecular weight excluding hydrogens is 286 g/mol. The summed E-state index contributed by atoms with van der Waals surface area (Å²) < 4.78 is 6.35. The quantitative estimate of drug-likeness (QED) is 0.865. The molecule has 1 aromatic heterocycles. The van der Waals surface area contributed by atoms with Crippen LogP contribution < -0.4 is 0 Å². The molecule has 2 heterocycles. The number of ketones is 1. The Morgan fingerprint density at radius 1 is 1.63 bits per heavy atom. The Morgan fingerprint density at radius 3 is 2.95 bits per heavy atom. The number of hydrogen-bond acceptors (Lipinski definition) is 5. The number of aliphatic hydroxyl groups is 1. The van der Waals surface area contributed by atoms with E-state index in [1.165, 1.54) is 11.3 Å². The first-order valence-corrected chi connectivity index (χ1v) is 7.38. The van der Waals surface area contributed by atoms with Gasteiger partial charge in [0.05, 0.1) is 34.1 Å². The number of halogens is 1. The number of morpholine rings is 1. The lowest BCUT2D eigenvalue weighted by molar-refractivity contribution is -0.146. The third kappa shape index (κ3) is 4.00. The zero-order chi connectivity index (χ0) is 14.0. The molecule has 1 aromatic rings. The number of hydrogen-bond donors (Lipinski definition) is 1. The number of aliphatic hydroxyl groups excluding tert-OH is 1. The smallest absolute Gasteiger partial charge is 0.186 e. The Balaban J connectivity index is 2.00. The summed E-state index contributed by atoms with van der Waals surface area (Å²) >= 11 is 7.14. The number of carbonyl (C=O) groups excluding carboxylic acids is 1. The van der Waals surface area contributed by atoms with Gasteiger partial charge in [0.25, 0.3) is 0 Å². The highest BCUT2D eigenvalue weighted by molar-refractivity contribution is 7.18. The van der Waals surface area contributed by atoms with E-state index in [9.17, 15) is 9.90 Å². The zero-order valence-electron chi connectivity index (χ0n) is 11.1. The van der Waals surface area contributed by atoms with E-state index in [0.717, 1.165) is 0 Å². The van der Waals surface area contributed by atoms with Gasteiger partial charge in [0.2, 0.25) is 0 Å². The summed E-state index contributed by atoms with van der Waals surface area (Å²) in [5, 5.41) is 9.24. The van der Waals surface area contributed by atoms with Gasteiger partial charge in [0.1, 0.15) is 0 Å². The van der Waals surface area contributed by atoms with Gasteiger partial charge >= 0.3 is 0 Å². The predicted octanol–water partition coefficient (Wildman–Crippen LogP) is 2.06. The van der Waals surface area contributed by atoms with E-state index in [0.29, 0.717) is 28.8 Å². The van der Waals surface area contributed by atoms with E-state index in [1.807, 2.05) is 18.7 Å². The standard InChI is InChI=1S/C13H18ClNO3S/c1-13(2)8-15(5-9(7-16)18-13)6-10(17)11-3-4-12(14)19-11/h3-4,9,16H,5-8H2,1-2H3. The van der Waals surface area contributed by atoms with Gasteiger partial charge < -0.3 is 9.84 Å². The summed E-state index contributed by atoms with van der Waals surface area (Å²) in [5.41, 5.74) is -0.348. The van der Waals surface area contributed by atoms with Gasteiger partial charge in [0.15, 0.2) is 5.78 Å². The molecular formula is C13H18ClNO3S. The minimum absolute atomic E-state index is 0.0288. The fraction of sp³-hybridized carbons (Fsp3) is 0.615. The summed E-state index contributed by atoms with van der Waals surface area (Å²) in [7, 11) is 0. The molecule has 1 unspecified atom stereocenters. The van der Waals surface area contributed by atoms with Crippen LogP contribution in [-0.4, -0.2) is 53.7 Å². The van der Waals surface area contributed by atoms with Crippen LogP contribution in [0.4, 0.5) is 0 Å². The number of carbonyl (C=O) groups is 1. The van der Waals surface area contributed by atoms with E-state index in [-0.39, 0.29) is 24.1 Å². The van der Waals surface area contributed by atoms with E-state index in [2.05, 4.69) is 0 Å². The van der Waals surface area contributed by atoms with Crippen molar-refractivity contribution in [2.75, 3.05) is 26.2 Å². The van der Waals surface area contributed by atoms with Crippen molar-refractivity contribution in [3.8, 4) is 0 Å². The molecule has 1 saturated heterocycles. The second-order valence-electron chi connectivity index (χ2n) is 5.38. The van der Waals surface area contributed by atoms with Crippen LogP contribution in [0, 0.1) is 0 Å². The van der Waals surface area contributed by atoms with Crippen molar-refractivity contribution in [3.05, 3.63) is 21.3 Å². The highest BCUT2D eigenvalue weighted by atomic mass is 35.5. The maximum atomic E-state index is 12.1. The minimum Gasteiger partial charge on any atom is -0.394 e. The first-order valence-electron chi connectivity index (χ1n) is 6.19. The molecule has 19 heavy (non-hydrogen) atoms. The number of ether oxygens (including phenoxy) is 1. The Labute approximate surface area is 121 Å². The zero-order valence-corrected chi connectivity index (χ0v) is 12.6. The molecule has 106 valence electrons. The van der Waals surface area contributed by atoms with E-state index in [4.69, 9.17) is 16.3 Å². The average molecular weight is 304 g/mol. The molecule has 0 amide bonds. The molecule has 1 aliphatic rings. The largest absolute Gasteiger partial charge is 0.394 e. The third-order valence-corrected chi connectivity index (χ3v) is 4.24. The van der Waals surface area contributed by atoms with Crippen LogP contribution in [0.3, 0.4) is 0 Å². The van der Waals surface area contributed by atoms with Crippen LogP contribution in [0.1, 0.15) is 23.5 Å². The van der Waals surface area contributed by atoms with Crippen molar-refractivity contribution in [1.29, 1.82) is 0 Å². The Morgan fingerprint density at radius 2 is 2.37 bits per heavy atom. The second-order valence-corrected chi connectivity index (χ2v) is 7.09. The minimum atomic E-state index is -0.348. The molecule has 1 atom stereocenters. The van der Waals surface area contributed by atoms with Crippen molar-refractivity contribution in [2.24, 2.45) is 0 Å². The van der Waals surface area contributed by atoms with Crippen molar-refractivity contribution < 1.29 is 14.6 Å². The normalized spacial score (nSPS) is 23.5. The molecule has 0 aromatic carbocycles. The molecule has 0 aliphatic carbocycles. The first-order chi connectivity index (χ1) is 8.89. The molecule has 4 nitrogen and oxygen atoms in total. The first kappa shape index (κ1) is 14.9. The van der Waals surface area contributed by atoms with Crippen molar-refractivity contribution in [2.45, 2.75) is 25.6 Å². The monoisotopic (exact) mass is 303 g/mol. The third-order valence-electron chi connectivity index (χ3n) is 2.97. The fourth-order valence-electron chi connectivity index (χ4n) is 2.38. The van der Waals surface area contributed by atoms with Crippen LogP contribution in [-0.2, 0) is 4.74 Å². The van der Waals surface area contributed by atoms with Gasteiger partial charge in [-0.05, 0) is 26.0 Å². The van der Waals surface area contributed by atoms with Crippen molar-refractivity contribution in [3.63, 3.8) is 0 Å². The molecule has 6 heteroatoms. The average Bonchev–Trinajstić information content (AvgIpc) is 2.73. The van der Waals surface area contributed by atoms with Crippen molar-refractivity contribution >= 4 is 28.7 Å². The molecule has 0 saturated carbocycles. The molecule has 1 N–H and O–H groups in total. The summed E-state index contributed by atoms with van der Waals surface area (Å²) in [6, 6.07) is 3.49. The Bertz CT molecular complexity index is 460. The number of rotatable bonds is 4. The highest BCUT2D eigenvalue weighted by Gasteiger charge is 2.33. The number of Topliss-reactive ketones (excluding diaryl/α,β-unsaturated/α-hetero) is 1. The lowest BCUT2D eigenvalue weighted by Crippen LogP contribution is -2.54.